The topological polar surface area (TPSA) is 79.2 Å². The fourth-order valence-corrected chi connectivity index (χ4v) is 4.94. The van der Waals surface area contributed by atoms with Crippen LogP contribution >= 0.6 is 0 Å². The molecule has 0 saturated carbocycles. The molecule has 6 heteroatoms. The van der Waals surface area contributed by atoms with Crippen molar-refractivity contribution < 1.29 is 24.5 Å². The van der Waals surface area contributed by atoms with E-state index in [1.54, 1.807) is 36.3 Å². The lowest BCUT2D eigenvalue weighted by Gasteiger charge is -2.30. The summed E-state index contributed by atoms with van der Waals surface area (Å²) in [6, 6.07) is 40.2. The quantitative estimate of drug-likeness (QED) is 0.194. The second-order valence-corrected chi connectivity index (χ2v) is 10.5. The zero-order valence-electron chi connectivity index (χ0n) is 24.5. The maximum atomic E-state index is 14.0. The van der Waals surface area contributed by atoms with Crippen LogP contribution in [0.3, 0.4) is 0 Å². The van der Waals surface area contributed by atoms with E-state index in [0.717, 1.165) is 27.5 Å². The second kappa shape index (κ2) is 15.0. The van der Waals surface area contributed by atoms with Crippen LogP contribution in [-0.2, 0) is 29.2 Å². The fourth-order valence-electron chi connectivity index (χ4n) is 4.94. The molecule has 0 aliphatic carbocycles. The highest BCUT2D eigenvalue weighted by atomic mass is 16.5. The number of methoxy groups -OCH3 is 1. The number of carbonyl (C=O) groups excluding carboxylic acids is 1. The minimum absolute atomic E-state index is 0.0679. The summed E-state index contributed by atoms with van der Waals surface area (Å²) in [7, 11) is 1.58. The third-order valence-electron chi connectivity index (χ3n) is 7.33. The minimum atomic E-state index is -1.68. The Balaban J connectivity index is 1.41. The standard InChI is InChI=1S/C38H35NO5/c1-43-34-21-17-28(18-22-34)19-23-35(40)37(44-27-31-16-20-32-14-8-9-15-33(32)24-31)36(41)38(42)39(25-29-10-4-2-5-11-29)26-30-12-6-3-7-13-30/h2-18,20-22,24,35-37,40-41H,25-27H2,1H3. The van der Waals surface area contributed by atoms with E-state index >= 15 is 0 Å². The SMILES string of the molecule is COc1ccc(C#CC(O)C(OCc2ccc3ccccc3c2)C(O)C(=O)N(Cc2ccccc2)Cc2ccccc2)cc1. The van der Waals surface area contributed by atoms with Gasteiger partial charge < -0.3 is 24.6 Å². The van der Waals surface area contributed by atoms with Gasteiger partial charge in [-0.1, -0.05) is 109 Å². The highest BCUT2D eigenvalue weighted by Crippen LogP contribution is 2.20. The number of ether oxygens (including phenoxy) is 2. The minimum Gasteiger partial charge on any atom is -0.497 e. The van der Waals surface area contributed by atoms with Crippen molar-refractivity contribution in [3.8, 4) is 17.6 Å². The molecule has 6 nitrogen and oxygen atoms in total. The van der Waals surface area contributed by atoms with Crippen molar-refractivity contribution in [3.05, 3.63) is 150 Å². The van der Waals surface area contributed by atoms with Gasteiger partial charge in [-0.2, -0.15) is 0 Å². The normalized spacial score (nSPS) is 12.9. The molecule has 3 atom stereocenters. The number of aliphatic hydroxyl groups excluding tert-OH is 2. The first-order valence-electron chi connectivity index (χ1n) is 14.5. The average Bonchev–Trinajstić information content (AvgIpc) is 3.07. The van der Waals surface area contributed by atoms with Gasteiger partial charge in [0, 0.05) is 18.7 Å². The van der Waals surface area contributed by atoms with Gasteiger partial charge in [0.2, 0.25) is 0 Å². The summed E-state index contributed by atoms with van der Waals surface area (Å²) < 4.78 is 11.3. The molecular weight excluding hydrogens is 550 g/mol. The van der Waals surface area contributed by atoms with Gasteiger partial charge >= 0.3 is 0 Å². The van der Waals surface area contributed by atoms with Gasteiger partial charge in [-0.05, 0) is 57.8 Å². The highest BCUT2D eigenvalue weighted by molar-refractivity contribution is 5.83. The molecule has 0 bridgehead atoms. The Bertz CT molecular complexity index is 1670. The number of rotatable bonds is 11. The van der Waals surface area contributed by atoms with Gasteiger partial charge in [-0.15, -0.1) is 0 Å². The van der Waals surface area contributed by atoms with Crippen LogP contribution in [-0.4, -0.2) is 46.4 Å². The molecule has 3 unspecified atom stereocenters. The largest absolute Gasteiger partial charge is 0.497 e. The van der Waals surface area contributed by atoms with Crippen molar-refractivity contribution in [2.24, 2.45) is 0 Å². The number of benzene rings is 5. The Labute approximate surface area is 258 Å². The van der Waals surface area contributed by atoms with E-state index in [-0.39, 0.29) is 19.7 Å². The van der Waals surface area contributed by atoms with E-state index in [9.17, 15) is 15.0 Å². The number of hydrogen-bond donors (Lipinski definition) is 2. The second-order valence-electron chi connectivity index (χ2n) is 10.5. The first kappa shape index (κ1) is 30.5. The van der Waals surface area contributed by atoms with Crippen molar-refractivity contribution >= 4 is 16.7 Å². The van der Waals surface area contributed by atoms with Crippen molar-refractivity contribution in [2.45, 2.75) is 38.0 Å². The van der Waals surface area contributed by atoms with E-state index in [2.05, 4.69) is 11.8 Å². The molecule has 0 fully saturated rings. The first-order valence-corrected chi connectivity index (χ1v) is 14.5. The van der Waals surface area contributed by atoms with Crippen molar-refractivity contribution in [2.75, 3.05) is 7.11 Å². The lowest BCUT2D eigenvalue weighted by atomic mass is 10.0. The number of carbonyl (C=O) groups is 1. The van der Waals surface area contributed by atoms with Gasteiger partial charge in [0.1, 0.15) is 18.0 Å². The summed E-state index contributed by atoms with van der Waals surface area (Å²) in [6.45, 7) is 0.617. The maximum absolute atomic E-state index is 14.0. The molecule has 5 aromatic rings. The molecule has 5 rings (SSSR count). The molecule has 0 saturated heterocycles. The van der Waals surface area contributed by atoms with Gasteiger partial charge in [0.25, 0.3) is 5.91 Å². The molecular formula is C38H35NO5. The molecule has 44 heavy (non-hydrogen) atoms. The Hall–Kier alpha value is -4.93. The Morgan fingerprint density at radius 1 is 0.727 bits per heavy atom. The summed E-state index contributed by atoms with van der Waals surface area (Å²) in [5.41, 5.74) is 3.32. The first-order chi connectivity index (χ1) is 21.5. The van der Waals surface area contributed by atoms with Gasteiger partial charge in [-0.25, -0.2) is 0 Å². The van der Waals surface area contributed by atoms with Crippen molar-refractivity contribution in [3.63, 3.8) is 0 Å². The van der Waals surface area contributed by atoms with E-state index in [1.165, 1.54) is 0 Å². The fraction of sp³-hybridized carbons (Fsp3) is 0.184. The molecule has 0 aromatic heterocycles. The third-order valence-corrected chi connectivity index (χ3v) is 7.33. The molecule has 0 heterocycles. The van der Waals surface area contributed by atoms with Gasteiger partial charge in [-0.3, -0.25) is 4.79 Å². The summed E-state index contributed by atoms with van der Waals surface area (Å²) in [5, 5.41) is 24.9. The Morgan fingerprint density at radius 2 is 1.32 bits per heavy atom. The lowest BCUT2D eigenvalue weighted by molar-refractivity contribution is -0.157. The van der Waals surface area contributed by atoms with Crippen molar-refractivity contribution in [1.29, 1.82) is 0 Å². The Morgan fingerprint density at radius 3 is 1.93 bits per heavy atom. The molecule has 222 valence electrons. The van der Waals surface area contributed by atoms with E-state index in [4.69, 9.17) is 9.47 Å². The Kier molecular flexibility index (Phi) is 10.4. The summed E-state index contributed by atoms with van der Waals surface area (Å²) in [6.07, 6.45) is -4.44. The molecule has 5 aromatic carbocycles. The number of amides is 1. The van der Waals surface area contributed by atoms with Crippen LogP contribution in [0.15, 0.2) is 127 Å². The summed E-state index contributed by atoms with van der Waals surface area (Å²) in [5.74, 6) is 5.84. The van der Waals surface area contributed by atoms with Crippen LogP contribution in [0.25, 0.3) is 10.8 Å². The highest BCUT2D eigenvalue weighted by Gasteiger charge is 2.35. The maximum Gasteiger partial charge on any atom is 0.254 e. The number of nitrogens with zero attached hydrogens (tertiary/aromatic N) is 1. The molecule has 1 amide bonds. The molecule has 2 N–H and O–H groups in total. The molecule has 0 radical (unpaired) electrons. The van der Waals surface area contributed by atoms with Crippen LogP contribution in [0.4, 0.5) is 0 Å². The van der Waals surface area contributed by atoms with Crippen LogP contribution in [0.1, 0.15) is 22.3 Å². The number of aliphatic hydroxyl groups is 2. The van der Waals surface area contributed by atoms with E-state index < -0.39 is 24.2 Å². The molecule has 0 aliphatic heterocycles. The van der Waals surface area contributed by atoms with Crippen molar-refractivity contribution in [1.82, 2.24) is 4.90 Å². The van der Waals surface area contributed by atoms with Gasteiger partial charge in [0.15, 0.2) is 6.10 Å². The molecule has 0 aliphatic rings. The third kappa shape index (κ3) is 8.12. The van der Waals surface area contributed by atoms with Crippen LogP contribution < -0.4 is 4.74 Å². The van der Waals surface area contributed by atoms with Crippen LogP contribution in [0.2, 0.25) is 0 Å². The van der Waals surface area contributed by atoms with Crippen LogP contribution in [0, 0.1) is 11.8 Å². The lowest BCUT2D eigenvalue weighted by Crippen LogP contribution is -2.49. The predicted molar refractivity (Wildman–Crippen MR) is 172 cm³/mol. The van der Waals surface area contributed by atoms with E-state index in [1.807, 2.05) is 103 Å². The number of fused-ring (bicyclic) bond motifs is 1. The summed E-state index contributed by atoms with van der Waals surface area (Å²) >= 11 is 0. The molecule has 0 spiro atoms. The monoisotopic (exact) mass is 585 g/mol. The summed E-state index contributed by atoms with van der Waals surface area (Å²) in [4.78, 5) is 15.5. The zero-order valence-corrected chi connectivity index (χ0v) is 24.5. The average molecular weight is 586 g/mol. The van der Waals surface area contributed by atoms with Crippen LogP contribution in [0.5, 0.6) is 5.75 Å². The van der Waals surface area contributed by atoms with E-state index in [0.29, 0.717) is 11.3 Å². The smallest absolute Gasteiger partial charge is 0.254 e. The van der Waals surface area contributed by atoms with Gasteiger partial charge in [0.05, 0.1) is 13.7 Å². The predicted octanol–water partition coefficient (Wildman–Crippen LogP) is 5.74. The zero-order chi connectivity index (χ0) is 30.7. The number of hydrogen-bond acceptors (Lipinski definition) is 5.